The van der Waals surface area contributed by atoms with E-state index in [4.69, 9.17) is 0 Å². The van der Waals surface area contributed by atoms with Crippen LogP contribution < -0.4 is 0 Å². The zero-order chi connectivity index (χ0) is 16.4. The van der Waals surface area contributed by atoms with Gasteiger partial charge in [0.1, 0.15) is 0 Å². The van der Waals surface area contributed by atoms with Crippen LogP contribution in [0.15, 0.2) is 54.6 Å². The summed E-state index contributed by atoms with van der Waals surface area (Å²) in [4.78, 5) is 20.5. The normalized spacial score (nSPS) is 10.4. The number of hydrogen-bond donors (Lipinski definition) is 1. The van der Waals surface area contributed by atoms with Crippen molar-refractivity contribution in [3.8, 4) is 22.5 Å². The summed E-state index contributed by atoms with van der Waals surface area (Å²) >= 11 is 0. The Balaban J connectivity index is 1.92. The van der Waals surface area contributed by atoms with Gasteiger partial charge in [-0.15, -0.1) is 0 Å². The number of nitro groups is 2. The molecule has 0 saturated carbocycles. The van der Waals surface area contributed by atoms with E-state index in [-0.39, 0.29) is 11.4 Å². The Morgan fingerprint density at radius 2 is 1.52 bits per heavy atom. The quantitative estimate of drug-likeness (QED) is 0.584. The van der Waals surface area contributed by atoms with E-state index in [0.29, 0.717) is 17.0 Å². The number of H-pyrrole nitrogens is 1. The standard InChI is InChI=1S/C15H10N4O4/c20-18(21)12-6-4-10(5-7-12)14-9-15(17-16-14)11-2-1-3-13(8-11)19(22)23/h1-9H,(H,16,17). The highest BCUT2D eigenvalue weighted by Crippen LogP contribution is 2.27. The van der Waals surface area contributed by atoms with E-state index in [2.05, 4.69) is 10.2 Å². The molecule has 0 radical (unpaired) electrons. The number of nitrogens with zero attached hydrogens (tertiary/aromatic N) is 3. The van der Waals surface area contributed by atoms with Gasteiger partial charge < -0.3 is 0 Å². The SMILES string of the molecule is O=[N+]([O-])c1ccc(-c2cc(-c3cccc([N+](=O)[O-])c3)n[nH]2)cc1. The maximum absolute atomic E-state index is 10.8. The second-order valence-electron chi connectivity index (χ2n) is 4.78. The molecule has 0 atom stereocenters. The van der Waals surface area contributed by atoms with Crippen molar-refractivity contribution in [2.24, 2.45) is 0 Å². The molecule has 0 bridgehead atoms. The third-order valence-corrected chi connectivity index (χ3v) is 3.32. The zero-order valence-corrected chi connectivity index (χ0v) is 11.7. The zero-order valence-electron chi connectivity index (χ0n) is 11.7. The molecule has 2 aromatic carbocycles. The van der Waals surface area contributed by atoms with Gasteiger partial charge in [0.05, 0.1) is 21.2 Å². The van der Waals surface area contributed by atoms with Crippen molar-refractivity contribution in [2.45, 2.75) is 0 Å². The van der Waals surface area contributed by atoms with Crippen molar-refractivity contribution >= 4 is 11.4 Å². The molecule has 3 rings (SSSR count). The largest absolute Gasteiger partial charge is 0.277 e. The van der Waals surface area contributed by atoms with Crippen molar-refractivity contribution in [1.82, 2.24) is 10.2 Å². The molecule has 0 fully saturated rings. The Labute approximate surface area is 129 Å². The Morgan fingerprint density at radius 1 is 0.826 bits per heavy atom. The molecule has 1 N–H and O–H groups in total. The highest BCUT2D eigenvalue weighted by atomic mass is 16.6. The smallest absolute Gasteiger partial charge is 0.270 e. The number of non-ortho nitro benzene ring substituents is 2. The van der Waals surface area contributed by atoms with Crippen molar-refractivity contribution in [3.63, 3.8) is 0 Å². The summed E-state index contributed by atoms with van der Waals surface area (Å²) in [5.74, 6) is 0. The Bertz CT molecular complexity index is 887. The fourth-order valence-corrected chi connectivity index (χ4v) is 2.16. The Hall–Kier alpha value is -3.55. The van der Waals surface area contributed by atoms with Gasteiger partial charge in [-0.25, -0.2) is 0 Å². The minimum atomic E-state index is -0.467. The van der Waals surface area contributed by atoms with Gasteiger partial charge in [0.25, 0.3) is 11.4 Å². The van der Waals surface area contributed by atoms with E-state index in [1.54, 1.807) is 30.3 Å². The van der Waals surface area contributed by atoms with E-state index in [1.165, 1.54) is 24.3 Å². The van der Waals surface area contributed by atoms with Crippen LogP contribution in [0.5, 0.6) is 0 Å². The lowest BCUT2D eigenvalue weighted by Crippen LogP contribution is -1.88. The molecule has 0 aliphatic carbocycles. The third-order valence-electron chi connectivity index (χ3n) is 3.32. The van der Waals surface area contributed by atoms with Crippen molar-refractivity contribution in [2.75, 3.05) is 0 Å². The molecule has 0 amide bonds. The number of benzene rings is 2. The average molecular weight is 310 g/mol. The molecule has 1 aromatic heterocycles. The van der Waals surface area contributed by atoms with Crippen LogP contribution in [0.2, 0.25) is 0 Å². The van der Waals surface area contributed by atoms with Gasteiger partial charge in [0.15, 0.2) is 0 Å². The number of nitrogens with one attached hydrogen (secondary N) is 1. The predicted molar refractivity (Wildman–Crippen MR) is 82.8 cm³/mol. The van der Waals surface area contributed by atoms with Gasteiger partial charge in [-0.2, -0.15) is 5.10 Å². The maximum atomic E-state index is 10.8. The highest BCUT2D eigenvalue weighted by Gasteiger charge is 2.11. The first-order chi connectivity index (χ1) is 11.0. The molecule has 0 aliphatic rings. The van der Waals surface area contributed by atoms with Crippen LogP contribution in [0.3, 0.4) is 0 Å². The molecule has 0 unspecified atom stereocenters. The van der Waals surface area contributed by atoms with E-state index in [0.717, 1.165) is 5.56 Å². The van der Waals surface area contributed by atoms with Crippen molar-refractivity contribution < 1.29 is 9.85 Å². The summed E-state index contributed by atoms with van der Waals surface area (Å²) in [5.41, 5.74) is 2.57. The van der Waals surface area contributed by atoms with Crippen molar-refractivity contribution in [3.05, 3.63) is 74.8 Å². The molecular weight excluding hydrogens is 300 g/mol. The van der Waals surface area contributed by atoms with E-state index >= 15 is 0 Å². The molecule has 8 nitrogen and oxygen atoms in total. The van der Waals surface area contributed by atoms with E-state index in [1.807, 2.05) is 0 Å². The molecule has 0 aliphatic heterocycles. The molecule has 23 heavy (non-hydrogen) atoms. The predicted octanol–water partition coefficient (Wildman–Crippen LogP) is 3.56. The molecule has 1 heterocycles. The molecule has 3 aromatic rings. The van der Waals surface area contributed by atoms with Gasteiger partial charge in [-0.05, 0) is 18.2 Å². The molecule has 114 valence electrons. The Kier molecular flexibility index (Phi) is 3.55. The van der Waals surface area contributed by atoms with Crippen molar-refractivity contribution in [1.29, 1.82) is 0 Å². The monoisotopic (exact) mass is 310 g/mol. The van der Waals surface area contributed by atoms with Gasteiger partial charge in [0, 0.05) is 35.4 Å². The summed E-state index contributed by atoms with van der Waals surface area (Å²) in [7, 11) is 0. The number of hydrogen-bond acceptors (Lipinski definition) is 5. The van der Waals surface area contributed by atoms with Crippen LogP contribution in [0.25, 0.3) is 22.5 Å². The van der Waals surface area contributed by atoms with Crippen LogP contribution in [0.1, 0.15) is 0 Å². The second-order valence-corrected chi connectivity index (χ2v) is 4.78. The minimum Gasteiger partial charge on any atom is -0.277 e. The Morgan fingerprint density at radius 3 is 2.17 bits per heavy atom. The minimum absolute atomic E-state index is 0.00664. The summed E-state index contributed by atoms with van der Waals surface area (Å²) in [6.45, 7) is 0. The number of aromatic nitrogens is 2. The topological polar surface area (TPSA) is 115 Å². The van der Waals surface area contributed by atoms with Gasteiger partial charge >= 0.3 is 0 Å². The van der Waals surface area contributed by atoms with E-state index in [9.17, 15) is 20.2 Å². The summed E-state index contributed by atoms with van der Waals surface area (Å²) in [6.07, 6.45) is 0. The van der Waals surface area contributed by atoms with Crippen LogP contribution in [-0.2, 0) is 0 Å². The van der Waals surface area contributed by atoms with Crippen LogP contribution in [0, 0.1) is 20.2 Å². The maximum Gasteiger partial charge on any atom is 0.270 e. The lowest BCUT2D eigenvalue weighted by molar-refractivity contribution is -0.385. The third kappa shape index (κ3) is 2.91. The summed E-state index contributed by atoms with van der Waals surface area (Å²) in [5, 5.41) is 28.4. The number of nitro benzene ring substituents is 2. The fourth-order valence-electron chi connectivity index (χ4n) is 2.16. The number of aromatic amines is 1. The van der Waals surface area contributed by atoms with E-state index < -0.39 is 9.85 Å². The fraction of sp³-hybridized carbons (Fsp3) is 0. The molecular formula is C15H10N4O4. The highest BCUT2D eigenvalue weighted by molar-refractivity contribution is 5.70. The molecule has 8 heteroatoms. The van der Waals surface area contributed by atoms with Crippen LogP contribution >= 0.6 is 0 Å². The van der Waals surface area contributed by atoms with Gasteiger partial charge in [-0.1, -0.05) is 12.1 Å². The summed E-state index contributed by atoms with van der Waals surface area (Å²) < 4.78 is 0. The lowest BCUT2D eigenvalue weighted by Gasteiger charge is -1.97. The summed E-state index contributed by atoms with van der Waals surface area (Å²) in [6, 6.07) is 13.9. The molecule has 0 saturated heterocycles. The average Bonchev–Trinajstić information content (AvgIpc) is 3.05. The van der Waals surface area contributed by atoms with Crippen LogP contribution in [0.4, 0.5) is 11.4 Å². The van der Waals surface area contributed by atoms with Gasteiger partial charge in [-0.3, -0.25) is 25.3 Å². The second kappa shape index (κ2) is 5.68. The molecule has 0 spiro atoms. The van der Waals surface area contributed by atoms with Gasteiger partial charge in [0.2, 0.25) is 0 Å². The first kappa shape index (κ1) is 14.4. The lowest BCUT2D eigenvalue weighted by atomic mass is 10.1. The first-order valence-electron chi connectivity index (χ1n) is 6.59. The first-order valence-corrected chi connectivity index (χ1v) is 6.59. The number of rotatable bonds is 4. The van der Waals surface area contributed by atoms with Crippen LogP contribution in [-0.4, -0.2) is 20.0 Å².